The molecule has 0 radical (unpaired) electrons. The summed E-state index contributed by atoms with van der Waals surface area (Å²) in [6.45, 7) is 3.84. The second-order valence-electron chi connectivity index (χ2n) is 4.69. The maximum atomic E-state index is 9.73. The summed E-state index contributed by atoms with van der Waals surface area (Å²) in [6, 6.07) is 1.81. The Hall–Kier alpha value is -1.50. The predicted molar refractivity (Wildman–Crippen MR) is 78.1 cm³/mol. The smallest absolute Gasteiger partial charge is 0.188 e. The van der Waals surface area contributed by atoms with Gasteiger partial charge in [-0.15, -0.1) is 0 Å². The molecule has 0 amide bonds. The predicted octanol–water partition coefficient (Wildman–Crippen LogP) is 1.89. The molecule has 0 fully saturated rings. The average molecular weight is 300 g/mol. The minimum atomic E-state index is -0.541. The molecule has 0 saturated carbocycles. The Morgan fingerprint density at radius 2 is 1.67 bits per heavy atom. The number of ether oxygens (including phenoxy) is 5. The van der Waals surface area contributed by atoms with E-state index in [1.807, 2.05) is 13.0 Å². The molecule has 1 aromatic rings. The van der Waals surface area contributed by atoms with Crippen LogP contribution in [0.3, 0.4) is 0 Å². The van der Waals surface area contributed by atoms with Crippen LogP contribution in [-0.2, 0) is 15.9 Å². The van der Waals surface area contributed by atoms with Crippen LogP contribution in [0.5, 0.6) is 17.2 Å². The Bertz CT molecular complexity index is 444. The van der Waals surface area contributed by atoms with E-state index in [0.29, 0.717) is 23.7 Å². The van der Waals surface area contributed by atoms with Crippen LogP contribution in [0.4, 0.5) is 0 Å². The number of aliphatic hydroxyl groups excluding tert-OH is 1. The Morgan fingerprint density at radius 3 is 2.19 bits per heavy atom. The van der Waals surface area contributed by atoms with E-state index in [0.717, 1.165) is 11.1 Å². The minimum Gasteiger partial charge on any atom is -0.492 e. The van der Waals surface area contributed by atoms with Gasteiger partial charge in [-0.05, 0) is 25.5 Å². The van der Waals surface area contributed by atoms with Crippen LogP contribution >= 0.6 is 0 Å². The molecule has 0 bridgehead atoms. The van der Waals surface area contributed by atoms with E-state index in [4.69, 9.17) is 23.7 Å². The van der Waals surface area contributed by atoms with Gasteiger partial charge in [-0.3, -0.25) is 0 Å². The molecular weight excluding hydrogens is 276 g/mol. The van der Waals surface area contributed by atoms with Gasteiger partial charge in [0.25, 0.3) is 0 Å². The first kappa shape index (κ1) is 17.6. The van der Waals surface area contributed by atoms with E-state index >= 15 is 0 Å². The average Bonchev–Trinajstić information content (AvgIpc) is 2.44. The van der Waals surface area contributed by atoms with Crippen molar-refractivity contribution in [3.63, 3.8) is 0 Å². The molecule has 0 spiro atoms. The Labute approximate surface area is 125 Å². The van der Waals surface area contributed by atoms with Crippen LogP contribution in [0.25, 0.3) is 0 Å². The highest BCUT2D eigenvalue weighted by molar-refractivity contribution is 5.58. The molecule has 1 aromatic carbocycles. The van der Waals surface area contributed by atoms with Crippen LogP contribution < -0.4 is 14.2 Å². The molecule has 1 rings (SSSR count). The van der Waals surface area contributed by atoms with Crippen molar-refractivity contribution in [2.75, 3.05) is 34.9 Å². The van der Waals surface area contributed by atoms with Crippen molar-refractivity contribution in [3.8, 4) is 17.2 Å². The first-order valence-electron chi connectivity index (χ1n) is 6.67. The Kier molecular flexibility index (Phi) is 7.28. The minimum absolute atomic E-state index is 0.113. The highest BCUT2D eigenvalue weighted by atomic mass is 16.7. The lowest BCUT2D eigenvalue weighted by molar-refractivity contribution is 0.0452. The van der Waals surface area contributed by atoms with E-state index < -0.39 is 6.10 Å². The van der Waals surface area contributed by atoms with Crippen molar-refractivity contribution in [1.29, 1.82) is 0 Å². The molecule has 1 atom stereocenters. The second kappa shape index (κ2) is 8.71. The van der Waals surface area contributed by atoms with Gasteiger partial charge in [-0.1, -0.05) is 0 Å². The summed E-state index contributed by atoms with van der Waals surface area (Å²) < 4.78 is 26.5. The molecule has 21 heavy (non-hydrogen) atoms. The van der Waals surface area contributed by atoms with Crippen molar-refractivity contribution < 1.29 is 28.8 Å². The van der Waals surface area contributed by atoms with Gasteiger partial charge in [0.1, 0.15) is 5.75 Å². The van der Waals surface area contributed by atoms with Gasteiger partial charge < -0.3 is 28.8 Å². The molecular formula is C15H24O6. The third-order valence-electron chi connectivity index (χ3n) is 2.83. The van der Waals surface area contributed by atoms with Crippen LogP contribution in [-0.4, -0.2) is 46.1 Å². The van der Waals surface area contributed by atoms with Crippen LogP contribution in [0.15, 0.2) is 6.07 Å². The van der Waals surface area contributed by atoms with Gasteiger partial charge >= 0.3 is 0 Å². The third kappa shape index (κ3) is 4.77. The summed E-state index contributed by atoms with van der Waals surface area (Å²) in [6.07, 6.45) is -0.159. The van der Waals surface area contributed by atoms with Gasteiger partial charge in [0.15, 0.2) is 25.1 Å². The number of benzene rings is 1. The molecule has 0 aliphatic heterocycles. The topological polar surface area (TPSA) is 66.4 Å². The Morgan fingerprint density at radius 1 is 1.05 bits per heavy atom. The fraction of sp³-hybridized carbons (Fsp3) is 0.600. The number of rotatable bonds is 9. The highest BCUT2D eigenvalue weighted by Gasteiger charge is 2.21. The summed E-state index contributed by atoms with van der Waals surface area (Å²) in [5.41, 5.74) is 1.62. The molecule has 6 nitrogen and oxygen atoms in total. The van der Waals surface area contributed by atoms with Crippen LogP contribution in [0.2, 0.25) is 0 Å². The molecule has 0 aromatic heterocycles. The maximum absolute atomic E-state index is 9.73. The van der Waals surface area contributed by atoms with Crippen molar-refractivity contribution in [1.82, 2.24) is 0 Å². The normalized spacial score (nSPS) is 12.1. The SMILES string of the molecule is COCOc1cc(C)c(OCOC)c(CC(C)O)c1OC. The maximum Gasteiger partial charge on any atom is 0.188 e. The van der Waals surface area contributed by atoms with Crippen molar-refractivity contribution in [3.05, 3.63) is 17.2 Å². The molecule has 1 N–H and O–H groups in total. The summed E-state index contributed by atoms with van der Waals surface area (Å²) >= 11 is 0. The van der Waals surface area contributed by atoms with Gasteiger partial charge in [-0.25, -0.2) is 0 Å². The summed E-state index contributed by atoms with van der Waals surface area (Å²) in [4.78, 5) is 0. The zero-order valence-electron chi connectivity index (χ0n) is 13.3. The van der Waals surface area contributed by atoms with Gasteiger partial charge in [0.2, 0.25) is 0 Å². The largest absolute Gasteiger partial charge is 0.492 e. The molecule has 0 heterocycles. The fourth-order valence-electron chi connectivity index (χ4n) is 2.07. The molecule has 0 aliphatic rings. The first-order chi connectivity index (χ1) is 10.0. The van der Waals surface area contributed by atoms with Crippen molar-refractivity contribution in [2.24, 2.45) is 0 Å². The summed E-state index contributed by atoms with van der Waals surface area (Å²) in [5, 5.41) is 9.73. The Balaban J connectivity index is 3.28. The number of hydrogen-bond donors (Lipinski definition) is 1. The zero-order chi connectivity index (χ0) is 15.8. The molecule has 6 heteroatoms. The molecule has 120 valence electrons. The number of methoxy groups -OCH3 is 3. The van der Waals surface area contributed by atoms with Crippen LogP contribution in [0.1, 0.15) is 18.1 Å². The van der Waals surface area contributed by atoms with Crippen LogP contribution in [0, 0.1) is 6.92 Å². The quantitative estimate of drug-likeness (QED) is 0.703. The monoisotopic (exact) mass is 300 g/mol. The first-order valence-corrected chi connectivity index (χ1v) is 6.67. The number of hydrogen-bond acceptors (Lipinski definition) is 6. The van der Waals surface area contributed by atoms with E-state index in [9.17, 15) is 5.11 Å². The zero-order valence-corrected chi connectivity index (χ0v) is 13.3. The fourth-order valence-corrected chi connectivity index (χ4v) is 2.07. The third-order valence-corrected chi connectivity index (χ3v) is 2.83. The lowest BCUT2D eigenvalue weighted by Crippen LogP contribution is -2.12. The molecule has 1 unspecified atom stereocenters. The number of aryl methyl sites for hydroxylation is 1. The summed E-state index contributed by atoms with van der Waals surface area (Å²) in [7, 11) is 4.65. The van der Waals surface area contributed by atoms with Gasteiger partial charge in [-0.2, -0.15) is 0 Å². The molecule has 0 saturated heterocycles. The van der Waals surface area contributed by atoms with Crippen molar-refractivity contribution in [2.45, 2.75) is 26.4 Å². The van der Waals surface area contributed by atoms with E-state index in [1.165, 1.54) is 0 Å². The van der Waals surface area contributed by atoms with E-state index in [-0.39, 0.29) is 13.6 Å². The standard InChI is InChI=1S/C15H24O6/c1-10-6-13(20-8-17-3)15(19-5)12(7-11(2)16)14(10)21-9-18-4/h6,11,16H,7-9H2,1-5H3. The van der Waals surface area contributed by atoms with Gasteiger partial charge in [0, 0.05) is 26.2 Å². The summed E-state index contributed by atoms with van der Waals surface area (Å²) in [5.74, 6) is 1.72. The van der Waals surface area contributed by atoms with Gasteiger partial charge in [0.05, 0.1) is 13.2 Å². The second-order valence-corrected chi connectivity index (χ2v) is 4.69. The van der Waals surface area contributed by atoms with E-state index in [1.54, 1.807) is 28.3 Å². The molecule has 0 aliphatic carbocycles. The lowest BCUT2D eigenvalue weighted by atomic mass is 10.0. The lowest BCUT2D eigenvalue weighted by Gasteiger charge is -2.21. The highest BCUT2D eigenvalue weighted by Crippen LogP contribution is 2.41. The van der Waals surface area contributed by atoms with E-state index in [2.05, 4.69) is 0 Å². The van der Waals surface area contributed by atoms with Crippen molar-refractivity contribution >= 4 is 0 Å². The number of aliphatic hydroxyl groups is 1.